The molecule has 0 spiro atoms. The highest BCUT2D eigenvalue weighted by Gasteiger charge is 2.24. The van der Waals surface area contributed by atoms with Gasteiger partial charge in [-0.05, 0) is 39.4 Å². The Balaban J connectivity index is 1.97. The molecule has 1 atom stereocenters. The summed E-state index contributed by atoms with van der Waals surface area (Å²) in [5.74, 6) is 0. The zero-order valence-corrected chi connectivity index (χ0v) is 13.8. The lowest BCUT2D eigenvalue weighted by Crippen LogP contribution is -2.50. The van der Waals surface area contributed by atoms with Gasteiger partial charge in [-0.1, -0.05) is 61.9 Å². The van der Waals surface area contributed by atoms with Gasteiger partial charge in [-0.15, -0.1) is 0 Å². The molecule has 0 amide bonds. The molecule has 0 saturated heterocycles. The van der Waals surface area contributed by atoms with Gasteiger partial charge in [-0.3, -0.25) is 0 Å². The molecule has 1 radical (unpaired) electrons. The Morgan fingerprint density at radius 2 is 1.54 bits per heavy atom. The van der Waals surface area contributed by atoms with Crippen molar-refractivity contribution >= 4 is 38.0 Å². The van der Waals surface area contributed by atoms with Gasteiger partial charge < -0.3 is 11.1 Å². The second-order valence-corrected chi connectivity index (χ2v) is 6.64. The number of rotatable bonds is 5. The fraction of sp³-hybridized carbons (Fsp3) is 0.238. The zero-order chi connectivity index (χ0) is 16.7. The van der Waals surface area contributed by atoms with Crippen LogP contribution in [0.3, 0.4) is 0 Å². The molecule has 0 aliphatic heterocycles. The van der Waals surface area contributed by atoms with Crippen LogP contribution in [0.15, 0.2) is 54.6 Å². The van der Waals surface area contributed by atoms with Gasteiger partial charge >= 0.3 is 0 Å². The third kappa shape index (κ3) is 2.29. The summed E-state index contributed by atoms with van der Waals surface area (Å²) in [4.78, 5) is 0. The maximum Gasteiger partial charge on any atom is 0.118 e. The lowest BCUT2D eigenvalue weighted by Gasteiger charge is -2.29. The quantitative estimate of drug-likeness (QED) is 0.407. The van der Waals surface area contributed by atoms with Crippen molar-refractivity contribution < 1.29 is 5.11 Å². The molecule has 4 aromatic carbocycles. The van der Waals surface area contributed by atoms with E-state index in [1.807, 2.05) is 13.0 Å². The topological polar surface area (TPSA) is 58.0 Å². The molecule has 3 nitrogen and oxygen atoms in total. The molecule has 4 rings (SSSR count). The Kier molecular flexibility index (Phi) is 3.56. The van der Waals surface area contributed by atoms with Crippen LogP contribution in [0.25, 0.3) is 32.3 Å². The van der Waals surface area contributed by atoms with Crippen LogP contribution in [-0.4, -0.2) is 12.3 Å². The van der Waals surface area contributed by atoms with Gasteiger partial charge in [-0.2, -0.15) is 0 Å². The zero-order valence-electron chi connectivity index (χ0n) is 13.8. The molecule has 4 aromatic rings. The van der Waals surface area contributed by atoms with E-state index in [0.717, 1.165) is 17.5 Å². The van der Waals surface area contributed by atoms with Crippen LogP contribution in [0.2, 0.25) is 0 Å². The van der Waals surface area contributed by atoms with Gasteiger partial charge in [-0.25, -0.2) is 5.11 Å². The monoisotopic (exact) mass is 317 g/mol. The fourth-order valence-corrected chi connectivity index (χ4v) is 3.73. The van der Waals surface area contributed by atoms with Gasteiger partial charge in [0.2, 0.25) is 0 Å². The van der Waals surface area contributed by atoms with E-state index in [1.54, 1.807) is 0 Å². The number of benzene rings is 4. The van der Waals surface area contributed by atoms with Crippen molar-refractivity contribution in [1.29, 1.82) is 0 Å². The molecule has 0 bridgehead atoms. The van der Waals surface area contributed by atoms with Crippen LogP contribution in [0.4, 0.5) is 5.69 Å². The largest absolute Gasteiger partial charge is 0.365 e. The molecule has 3 heteroatoms. The molecular weight excluding hydrogens is 296 g/mol. The summed E-state index contributed by atoms with van der Waals surface area (Å²) in [5.41, 5.74) is 6.32. The van der Waals surface area contributed by atoms with Crippen LogP contribution >= 0.6 is 0 Å². The number of nitrogens with two attached hydrogens (primary N) is 1. The summed E-state index contributed by atoms with van der Waals surface area (Å²) in [5, 5.41) is 22.3. The minimum Gasteiger partial charge on any atom is -0.365 e. The molecule has 0 aliphatic rings. The van der Waals surface area contributed by atoms with Gasteiger partial charge in [0.1, 0.15) is 12.3 Å². The average Bonchev–Trinajstić information content (AvgIpc) is 2.61. The van der Waals surface area contributed by atoms with Crippen LogP contribution in [0.1, 0.15) is 19.8 Å². The number of hydrogen-bond donors (Lipinski definition) is 2. The summed E-state index contributed by atoms with van der Waals surface area (Å²) in [6, 6.07) is 19.1. The molecule has 1 unspecified atom stereocenters. The summed E-state index contributed by atoms with van der Waals surface area (Å²) < 4.78 is 0. The lowest BCUT2D eigenvalue weighted by molar-refractivity contribution is 0.130. The van der Waals surface area contributed by atoms with Gasteiger partial charge in [0, 0.05) is 11.1 Å². The van der Waals surface area contributed by atoms with Crippen molar-refractivity contribution in [3.63, 3.8) is 0 Å². The second-order valence-electron chi connectivity index (χ2n) is 6.64. The Bertz CT molecular complexity index is 995. The first-order valence-corrected chi connectivity index (χ1v) is 8.47. The van der Waals surface area contributed by atoms with Crippen molar-refractivity contribution in [1.82, 2.24) is 0 Å². The van der Waals surface area contributed by atoms with Crippen LogP contribution in [-0.2, 0) is 5.11 Å². The molecule has 0 aromatic heterocycles. The third-order valence-electron chi connectivity index (χ3n) is 4.87. The van der Waals surface area contributed by atoms with E-state index in [0.29, 0.717) is 6.42 Å². The van der Waals surface area contributed by atoms with E-state index in [9.17, 15) is 5.11 Å². The lowest BCUT2D eigenvalue weighted by atomic mass is 9.93. The van der Waals surface area contributed by atoms with E-state index in [1.165, 1.54) is 26.9 Å². The van der Waals surface area contributed by atoms with Gasteiger partial charge in [0.25, 0.3) is 0 Å². The molecule has 0 heterocycles. The maximum atomic E-state index is 11.6. The molecular formula is C21H21N2O. The predicted octanol–water partition coefficient (Wildman–Crippen LogP) is 4.88. The summed E-state index contributed by atoms with van der Waals surface area (Å²) in [6.45, 7) is 1.70. The number of hydrogen-bond acceptors (Lipinski definition) is 2. The van der Waals surface area contributed by atoms with Crippen molar-refractivity contribution in [3.8, 4) is 0 Å². The van der Waals surface area contributed by atoms with Crippen molar-refractivity contribution in [2.75, 3.05) is 11.9 Å². The highest BCUT2D eigenvalue weighted by Crippen LogP contribution is 2.38. The fourth-order valence-electron chi connectivity index (χ4n) is 3.73. The van der Waals surface area contributed by atoms with E-state index in [-0.39, 0.29) is 6.61 Å². The molecule has 0 fully saturated rings. The highest BCUT2D eigenvalue weighted by atomic mass is 16.3. The van der Waals surface area contributed by atoms with E-state index in [4.69, 9.17) is 5.73 Å². The summed E-state index contributed by atoms with van der Waals surface area (Å²) >= 11 is 0. The minimum atomic E-state index is -0.905. The number of nitrogens with one attached hydrogen (secondary N) is 1. The Morgan fingerprint density at radius 1 is 0.917 bits per heavy atom. The van der Waals surface area contributed by atoms with Crippen LogP contribution in [0.5, 0.6) is 0 Å². The highest BCUT2D eigenvalue weighted by molar-refractivity contribution is 6.25. The predicted molar refractivity (Wildman–Crippen MR) is 101 cm³/mol. The first-order chi connectivity index (χ1) is 11.6. The first-order valence-electron chi connectivity index (χ1n) is 8.47. The smallest absolute Gasteiger partial charge is 0.118 e. The molecule has 3 N–H and O–H groups in total. The van der Waals surface area contributed by atoms with Crippen molar-refractivity contribution in [2.24, 2.45) is 5.73 Å². The third-order valence-corrected chi connectivity index (χ3v) is 4.87. The minimum absolute atomic E-state index is 0.344. The van der Waals surface area contributed by atoms with Crippen LogP contribution in [0, 0.1) is 0 Å². The Labute approximate surface area is 141 Å². The molecule has 0 aliphatic carbocycles. The standard InChI is InChI=1S/C21H21N2O/c1-2-12-21(22,13-24)23-18-11-9-16-7-6-14-4-3-5-15-8-10-17(18)20(16)19(14)15/h3-11,23H,2,12-13,22H2,1H3. The Hall–Kier alpha value is -2.36. The summed E-state index contributed by atoms with van der Waals surface area (Å²) in [7, 11) is 0. The Morgan fingerprint density at radius 3 is 2.21 bits per heavy atom. The first kappa shape index (κ1) is 15.2. The molecule has 0 saturated carbocycles. The van der Waals surface area contributed by atoms with Gasteiger partial charge in [0.15, 0.2) is 0 Å². The van der Waals surface area contributed by atoms with Crippen LogP contribution < -0.4 is 11.1 Å². The van der Waals surface area contributed by atoms with Crippen molar-refractivity contribution in [2.45, 2.75) is 25.4 Å². The van der Waals surface area contributed by atoms with E-state index < -0.39 is 5.66 Å². The number of anilines is 1. The average molecular weight is 317 g/mol. The summed E-state index contributed by atoms with van der Waals surface area (Å²) in [6.07, 6.45) is 1.52. The normalized spacial score (nSPS) is 14.5. The van der Waals surface area contributed by atoms with E-state index >= 15 is 0 Å². The maximum absolute atomic E-state index is 11.6. The van der Waals surface area contributed by atoms with E-state index in [2.05, 4.69) is 53.8 Å². The molecule has 121 valence electrons. The van der Waals surface area contributed by atoms with Crippen molar-refractivity contribution in [3.05, 3.63) is 54.6 Å². The second kappa shape index (κ2) is 5.62. The molecule has 24 heavy (non-hydrogen) atoms. The SMILES string of the molecule is CCCC(N)(C[O])Nc1ccc2ccc3cccc4ccc1c2c34. The van der Waals surface area contributed by atoms with Gasteiger partial charge in [0.05, 0.1) is 0 Å².